The van der Waals surface area contributed by atoms with Gasteiger partial charge in [0.25, 0.3) is 0 Å². The summed E-state index contributed by atoms with van der Waals surface area (Å²) < 4.78 is 0. The van der Waals surface area contributed by atoms with Crippen molar-refractivity contribution in [2.24, 2.45) is 0 Å². The molecule has 0 unspecified atom stereocenters. The van der Waals surface area contributed by atoms with Gasteiger partial charge in [0.2, 0.25) is 0 Å². The van der Waals surface area contributed by atoms with Gasteiger partial charge in [-0.3, -0.25) is 9.59 Å². The van der Waals surface area contributed by atoms with Crippen molar-refractivity contribution >= 4 is 23.2 Å². The van der Waals surface area contributed by atoms with E-state index >= 15 is 0 Å². The average Bonchev–Trinajstić information content (AvgIpc) is 3.14. The van der Waals surface area contributed by atoms with Gasteiger partial charge >= 0.3 is 11.8 Å². The van der Waals surface area contributed by atoms with Gasteiger partial charge in [-0.2, -0.15) is 11.3 Å². The Balaban J connectivity index is 1.72. The Hall–Kier alpha value is -2.18. The molecule has 2 rings (SSSR count). The predicted molar refractivity (Wildman–Crippen MR) is 94.7 cm³/mol. The van der Waals surface area contributed by atoms with E-state index in [1.807, 2.05) is 41.8 Å². The minimum absolute atomic E-state index is 0.103. The van der Waals surface area contributed by atoms with Crippen molar-refractivity contribution < 1.29 is 14.7 Å². The molecule has 2 amide bonds. The number of carbonyl (C=O) groups excluding carboxylic acids is 2. The molecular formula is C18H22N2O3S. The van der Waals surface area contributed by atoms with E-state index in [1.165, 1.54) is 0 Å². The molecule has 3 N–H and O–H groups in total. The van der Waals surface area contributed by atoms with E-state index in [0.717, 1.165) is 11.1 Å². The highest BCUT2D eigenvalue weighted by atomic mass is 32.1. The van der Waals surface area contributed by atoms with E-state index < -0.39 is 11.8 Å². The van der Waals surface area contributed by atoms with Crippen LogP contribution in [0.15, 0.2) is 47.2 Å². The molecule has 0 radical (unpaired) electrons. The summed E-state index contributed by atoms with van der Waals surface area (Å²) in [6.45, 7) is 0.833. The van der Waals surface area contributed by atoms with Crippen molar-refractivity contribution in [1.29, 1.82) is 0 Å². The zero-order chi connectivity index (χ0) is 17.2. The van der Waals surface area contributed by atoms with Crippen LogP contribution in [0.3, 0.4) is 0 Å². The van der Waals surface area contributed by atoms with Gasteiger partial charge in [0.1, 0.15) is 0 Å². The highest BCUT2D eigenvalue weighted by Gasteiger charge is 2.15. The van der Waals surface area contributed by atoms with Crippen molar-refractivity contribution in [3.63, 3.8) is 0 Å². The van der Waals surface area contributed by atoms with Crippen LogP contribution in [-0.4, -0.2) is 30.1 Å². The standard InChI is InChI=1S/C18H22N2O3S/c21-10-7-15(16-8-11-24-13-16)6-9-19-17(22)18(23)20-12-14-4-2-1-3-5-14/h1-5,8,11,13,15,21H,6-7,9-10,12H2,(H,19,22)(H,20,23)/t15-/m1/s1. The minimum atomic E-state index is -0.631. The largest absolute Gasteiger partial charge is 0.396 e. The third-order valence-electron chi connectivity index (χ3n) is 3.77. The zero-order valence-electron chi connectivity index (χ0n) is 13.4. The lowest BCUT2D eigenvalue weighted by molar-refractivity contribution is -0.139. The van der Waals surface area contributed by atoms with E-state index in [1.54, 1.807) is 11.3 Å². The highest BCUT2D eigenvalue weighted by Crippen LogP contribution is 2.24. The van der Waals surface area contributed by atoms with E-state index in [0.29, 0.717) is 25.9 Å². The van der Waals surface area contributed by atoms with E-state index in [4.69, 9.17) is 5.11 Å². The fourth-order valence-electron chi connectivity index (χ4n) is 2.44. The van der Waals surface area contributed by atoms with Gasteiger partial charge in [-0.1, -0.05) is 30.3 Å². The van der Waals surface area contributed by atoms with Crippen molar-refractivity contribution in [1.82, 2.24) is 10.6 Å². The van der Waals surface area contributed by atoms with Crippen LogP contribution in [0.2, 0.25) is 0 Å². The topological polar surface area (TPSA) is 78.4 Å². The van der Waals surface area contributed by atoms with Gasteiger partial charge in [0, 0.05) is 19.7 Å². The summed E-state index contributed by atoms with van der Waals surface area (Å²) in [7, 11) is 0. The van der Waals surface area contributed by atoms with Gasteiger partial charge in [-0.25, -0.2) is 0 Å². The Morgan fingerprint density at radius 2 is 1.79 bits per heavy atom. The first-order valence-electron chi connectivity index (χ1n) is 7.93. The summed E-state index contributed by atoms with van der Waals surface area (Å²) in [5, 5.41) is 18.4. The number of carbonyl (C=O) groups is 2. The molecule has 0 aliphatic carbocycles. The van der Waals surface area contributed by atoms with Gasteiger partial charge in [0.05, 0.1) is 0 Å². The molecule has 6 heteroatoms. The molecule has 1 heterocycles. The number of aliphatic hydroxyl groups is 1. The van der Waals surface area contributed by atoms with Crippen LogP contribution in [0, 0.1) is 0 Å². The molecule has 128 valence electrons. The second-order valence-electron chi connectivity index (χ2n) is 5.48. The SMILES string of the molecule is O=C(NCC[C@H](CCO)c1ccsc1)C(=O)NCc1ccccc1. The first-order valence-corrected chi connectivity index (χ1v) is 8.88. The fourth-order valence-corrected chi connectivity index (χ4v) is 3.18. The second kappa shape index (κ2) is 9.85. The van der Waals surface area contributed by atoms with Crippen LogP contribution in [0.5, 0.6) is 0 Å². The summed E-state index contributed by atoms with van der Waals surface area (Å²) in [4.78, 5) is 23.6. The smallest absolute Gasteiger partial charge is 0.309 e. The molecule has 1 aromatic carbocycles. The molecule has 5 nitrogen and oxygen atoms in total. The van der Waals surface area contributed by atoms with Crippen LogP contribution in [0.1, 0.15) is 29.9 Å². The Kier molecular flexibility index (Phi) is 7.45. The number of amides is 2. The lowest BCUT2D eigenvalue weighted by atomic mass is 9.95. The molecule has 1 aromatic heterocycles. The van der Waals surface area contributed by atoms with E-state index in [-0.39, 0.29) is 12.5 Å². The molecule has 1 atom stereocenters. The molecule has 0 fully saturated rings. The van der Waals surface area contributed by atoms with Crippen LogP contribution in [0.25, 0.3) is 0 Å². The molecule has 0 saturated heterocycles. The molecule has 24 heavy (non-hydrogen) atoms. The number of aliphatic hydroxyl groups excluding tert-OH is 1. The maximum Gasteiger partial charge on any atom is 0.309 e. The summed E-state index contributed by atoms with van der Waals surface area (Å²) in [6, 6.07) is 11.5. The molecule has 0 aliphatic rings. The maximum atomic E-state index is 11.8. The summed E-state index contributed by atoms with van der Waals surface area (Å²) in [5.41, 5.74) is 2.11. The van der Waals surface area contributed by atoms with Crippen LogP contribution < -0.4 is 10.6 Å². The van der Waals surface area contributed by atoms with Crippen molar-refractivity contribution in [3.05, 3.63) is 58.3 Å². The van der Waals surface area contributed by atoms with Crippen molar-refractivity contribution in [2.45, 2.75) is 25.3 Å². The van der Waals surface area contributed by atoms with Crippen molar-refractivity contribution in [2.75, 3.05) is 13.2 Å². The molecule has 0 spiro atoms. The maximum absolute atomic E-state index is 11.8. The Morgan fingerprint density at radius 1 is 1.04 bits per heavy atom. The quantitative estimate of drug-likeness (QED) is 0.640. The van der Waals surface area contributed by atoms with Crippen molar-refractivity contribution in [3.8, 4) is 0 Å². The fraction of sp³-hybridized carbons (Fsp3) is 0.333. The minimum Gasteiger partial charge on any atom is -0.396 e. The number of nitrogens with one attached hydrogen (secondary N) is 2. The zero-order valence-corrected chi connectivity index (χ0v) is 14.2. The summed E-state index contributed by atoms with van der Waals surface area (Å²) in [6.07, 6.45) is 1.34. The lowest BCUT2D eigenvalue weighted by Crippen LogP contribution is -2.40. The lowest BCUT2D eigenvalue weighted by Gasteiger charge is -2.15. The molecule has 0 aliphatic heterocycles. The van der Waals surface area contributed by atoms with Crippen LogP contribution in [0.4, 0.5) is 0 Å². The normalized spacial score (nSPS) is 11.7. The summed E-state index contributed by atoms with van der Waals surface area (Å²) >= 11 is 1.61. The molecule has 0 bridgehead atoms. The van der Waals surface area contributed by atoms with E-state index in [9.17, 15) is 9.59 Å². The van der Waals surface area contributed by atoms with Gasteiger partial charge < -0.3 is 15.7 Å². The second-order valence-corrected chi connectivity index (χ2v) is 6.26. The molecule has 0 saturated carbocycles. The average molecular weight is 346 g/mol. The number of hydrogen-bond acceptors (Lipinski definition) is 4. The monoisotopic (exact) mass is 346 g/mol. The van der Waals surface area contributed by atoms with E-state index in [2.05, 4.69) is 16.0 Å². The Bertz CT molecular complexity index is 629. The Labute approximate surface area is 145 Å². The summed E-state index contributed by atoms with van der Waals surface area (Å²) in [5.74, 6) is -1.07. The predicted octanol–water partition coefficient (Wildman–Crippen LogP) is 2.04. The number of benzene rings is 1. The first-order chi connectivity index (χ1) is 11.7. The number of hydrogen-bond donors (Lipinski definition) is 3. The first kappa shape index (κ1) is 18.2. The molecule has 2 aromatic rings. The molecular weight excluding hydrogens is 324 g/mol. The Morgan fingerprint density at radius 3 is 2.46 bits per heavy atom. The number of rotatable bonds is 8. The van der Waals surface area contributed by atoms with Gasteiger partial charge in [-0.05, 0) is 46.7 Å². The van der Waals surface area contributed by atoms with Crippen LogP contribution in [-0.2, 0) is 16.1 Å². The third-order valence-corrected chi connectivity index (χ3v) is 4.47. The van der Waals surface area contributed by atoms with Gasteiger partial charge in [-0.15, -0.1) is 0 Å². The van der Waals surface area contributed by atoms with Crippen LogP contribution >= 0.6 is 11.3 Å². The highest BCUT2D eigenvalue weighted by molar-refractivity contribution is 7.07. The third kappa shape index (κ3) is 5.79. The number of thiophene rings is 1. The van der Waals surface area contributed by atoms with Gasteiger partial charge in [0.15, 0.2) is 0 Å².